The number of cyclic esters (lactones) is 2. The highest BCUT2D eigenvalue weighted by molar-refractivity contribution is 6.38. The van der Waals surface area contributed by atoms with Gasteiger partial charge in [-0.3, -0.25) is 43.2 Å². The molecule has 0 saturated carbocycles. The number of aryl methyl sites for hydroxylation is 1. The van der Waals surface area contributed by atoms with E-state index in [9.17, 15) is 47.9 Å². The van der Waals surface area contributed by atoms with E-state index in [2.05, 4.69) is 10.6 Å². The van der Waals surface area contributed by atoms with Crippen LogP contribution in [0, 0.1) is 11.3 Å². The van der Waals surface area contributed by atoms with Crippen LogP contribution in [0.5, 0.6) is 11.5 Å². The van der Waals surface area contributed by atoms with Crippen molar-refractivity contribution in [1.29, 1.82) is 0 Å². The van der Waals surface area contributed by atoms with Crippen molar-refractivity contribution >= 4 is 70.7 Å². The predicted octanol–water partition coefficient (Wildman–Crippen LogP) is 7.51. The molecular weight excluding hydrogens is 1210 g/mol. The minimum absolute atomic E-state index is 0.00944. The molecule has 3 aromatic rings. The number of carbonyl (C=O) groups excluding carboxylic acids is 11. The molecule has 0 spiro atoms. The van der Waals surface area contributed by atoms with Crippen LogP contribution in [0.15, 0.2) is 84.9 Å². The van der Waals surface area contributed by atoms with E-state index in [4.69, 9.17) is 23.7 Å². The molecule has 512 valence electrons. The highest BCUT2D eigenvalue weighted by Crippen LogP contribution is 2.33. The number of hydrogen-bond donors (Lipinski definition) is 2. The molecular formula is C71H97N7O16. The number of carbonyl (C=O) groups is 11. The van der Waals surface area contributed by atoms with Gasteiger partial charge in [0.1, 0.15) is 48.5 Å². The summed E-state index contributed by atoms with van der Waals surface area (Å²) in [5.41, 5.74) is -0.226. The van der Waals surface area contributed by atoms with E-state index in [0.29, 0.717) is 80.5 Å². The second-order valence-corrected chi connectivity index (χ2v) is 26.7. The Balaban J connectivity index is 1.33. The smallest absolute Gasteiger partial charge is 0.330 e. The van der Waals surface area contributed by atoms with Crippen LogP contribution in [-0.4, -0.2) is 187 Å². The first-order valence-corrected chi connectivity index (χ1v) is 32.7. The number of fused-ring (bicyclic) bond motifs is 4. The number of anilines is 1. The maximum atomic E-state index is 15.2. The normalized spacial score (nSPS) is 23.3. The summed E-state index contributed by atoms with van der Waals surface area (Å²) in [6.45, 7) is 12.0. The molecule has 0 aromatic heterocycles. The molecule has 2 saturated heterocycles. The van der Waals surface area contributed by atoms with Gasteiger partial charge < -0.3 is 58.8 Å². The lowest BCUT2D eigenvalue weighted by Gasteiger charge is -2.37. The van der Waals surface area contributed by atoms with Gasteiger partial charge in [-0.25, -0.2) is 9.59 Å². The first kappa shape index (κ1) is 74.4. The SMILES string of the molecule is COc1ccc(CC[C@H]2OC(=O)[C@@H]3CCCCN3C(=O)C(=O)C(C)(C)COC(=O)/C=C/CCCCN(C)C(=O)[C@H](CC(C)C)N(C)C(=O)[C@H]3CCCN3C(=O)[C@H](Cc3ccccc3)N(C)C(=O)[C@H](CC(=O)OC(C)(C)C)NC(=O)CCC(=O)Nc3cccc2c3)cc1OC. The van der Waals surface area contributed by atoms with E-state index < -0.39 is 132 Å². The maximum absolute atomic E-state index is 15.2. The van der Waals surface area contributed by atoms with Crippen LogP contribution in [0.2, 0.25) is 0 Å². The van der Waals surface area contributed by atoms with Crippen LogP contribution in [-0.2, 0) is 79.8 Å². The van der Waals surface area contributed by atoms with Crippen LogP contribution in [0.3, 0.4) is 0 Å². The molecule has 3 aliphatic rings. The molecule has 3 heterocycles. The van der Waals surface area contributed by atoms with E-state index in [-0.39, 0.29) is 56.3 Å². The molecule has 0 radical (unpaired) electrons. The number of methoxy groups -OCH3 is 2. The lowest BCUT2D eigenvalue weighted by Crippen LogP contribution is -2.59. The summed E-state index contributed by atoms with van der Waals surface area (Å²) in [6.07, 6.45) is 4.84. The molecule has 7 amide bonds. The van der Waals surface area contributed by atoms with Gasteiger partial charge in [0, 0.05) is 71.8 Å². The fourth-order valence-electron chi connectivity index (χ4n) is 11.9. The zero-order chi connectivity index (χ0) is 69.0. The van der Waals surface area contributed by atoms with Crippen molar-refractivity contribution in [2.75, 3.05) is 66.9 Å². The van der Waals surface area contributed by atoms with Crippen molar-refractivity contribution < 1.29 is 76.4 Å². The number of amides is 7. The molecule has 2 bridgehead atoms. The molecule has 94 heavy (non-hydrogen) atoms. The average Bonchev–Trinajstić information content (AvgIpc) is 1.38. The van der Waals surface area contributed by atoms with Crippen LogP contribution >= 0.6 is 0 Å². The summed E-state index contributed by atoms with van der Waals surface area (Å²) in [4.78, 5) is 164. The lowest BCUT2D eigenvalue weighted by atomic mass is 9.87. The maximum Gasteiger partial charge on any atom is 0.330 e. The number of nitrogens with zero attached hydrogens (tertiary/aromatic N) is 5. The molecule has 23 nitrogen and oxygen atoms in total. The Kier molecular flexibility index (Phi) is 27.3. The Morgan fingerprint density at radius 2 is 1.36 bits per heavy atom. The van der Waals surface area contributed by atoms with Gasteiger partial charge in [-0.1, -0.05) is 68.5 Å². The third-order valence-electron chi connectivity index (χ3n) is 17.1. The Labute approximate surface area is 552 Å². The number of nitrogens with one attached hydrogen (secondary N) is 2. The minimum Gasteiger partial charge on any atom is -0.493 e. The quantitative estimate of drug-likeness (QED) is 0.107. The van der Waals surface area contributed by atoms with Crippen molar-refractivity contribution in [1.82, 2.24) is 29.8 Å². The number of ketones is 1. The molecule has 3 aromatic carbocycles. The minimum atomic E-state index is -1.58. The first-order chi connectivity index (χ1) is 44.5. The molecule has 6 rings (SSSR count). The van der Waals surface area contributed by atoms with E-state index in [1.807, 2.05) is 19.9 Å². The number of likely N-dealkylation sites (N-methyl/N-ethyl adjacent to an activating group) is 3. The molecule has 0 aliphatic carbocycles. The third-order valence-corrected chi connectivity index (χ3v) is 17.1. The Morgan fingerprint density at radius 3 is 2.05 bits per heavy atom. The fraction of sp³-hybridized carbons (Fsp3) is 0.563. The van der Waals surface area contributed by atoms with Crippen molar-refractivity contribution in [3.63, 3.8) is 0 Å². The van der Waals surface area contributed by atoms with Gasteiger partial charge in [0.2, 0.25) is 41.2 Å². The second kappa shape index (κ2) is 34.5. The number of ether oxygens (including phenoxy) is 5. The summed E-state index contributed by atoms with van der Waals surface area (Å²) in [5, 5.41) is 5.46. The van der Waals surface area contributed by atoms with Crippen molar-refractivity contribution in [3.8, 4) is 11.5 Å². The highest BCUT2D eigenvalue weighted by atomic mass is 16.6. The number of esters is 3. The topological polar surface area (TPSA) is 274 Å². The van der Waals surface area contributed by atoms with Gasteiger partial charge in [-0.05, 0) is 152 Å². The first-order valence-electron chi connectivity index (χ1n) is 32.7. The Bertz CT molecular complexity index is 3210. The van der Waals surface area contributed by atoms with Gasteiger partial charge >= 0.3 is 17.9 Å². The van der Waals surface area contributed by atoms with Gasteiger partial charge in [0.15, 0.2) is 11.5 Å². The lowest BCUT2D eigenvalue weighted by molar-refractivity contribution is -0.165. The van der Waals surface area contributed by atoms with E-state index in [1.165, 1.54) is 60.8 Å². The molecule has 6 atom stereocenters. The number of piperidine rings is 1. The molecule has 23 heteroatoms. The summed E-state index contributed by atoms with van der Waals surface area (Å²) < 4.78 is 28.5. The monoisotopic (exact) mass is 1300 g/mol. The van der Waals surface area contributed by atoms with E-state index in [0.717, 1.165) is 5.56 Å². The van der Waals surface area contributed by atoms with E-state index in [1.54, 1.807) is 113 Å². The van der Waals surface area contributed by atoms with Gasteiger partial charge in [0.05, 0.1) is 26.1 Å². The summed E-state index contributed by atoms with van der Waals surface area (Å²) in [5.74, 6) is -6.61. The van der Waals surface area contributed by atoms with Crippen molar-refractivity contribution in [2.24, 2.45) is 11.3 Å². The molecule has 0 unspecified atom stereocenters. The average molecular weight is 1300 g/mol. The highest BCUT2D eigenvalue weighted by Gasteiger charge is 2.45. The third kappa shape index (κ3) is 21.2. The van der Waals surface area contributed by atoms with Gasteiger partial charge in [-0.2, -0.15) is 0 Å². The molecule has 2 N–H and O–H groups in total. The van der Waals surface area contributed by atoms with Crippen LogP contribution in [0.1, 0.15) is 155 Å². The van der Waals surface area contributed by atoms with Crippen LogP contribution < -0.4 is 20.1 Å². The van der Waals surface area contributed by atoms with E-state index >= 15 is 4.79 Å². The number of rotatable bonds is 11. The largest absolute Gasteiger partial charge is 0.493 e. The van der Waals surface area contributed by atoms with Crippen LogP contribution in [0.4, 0.5) is 5.69 Å². The molecule has 2 fully saturated rings. The second-order valence-electron chi connectivity index (χ2n) is 26.7. The standard InChI is InChI=1S/C71H97N7O16/c1-46(2)40-54-65(85)74(8)37-20-14-13-18-30-61(81)92-45-71(6,7)63(83)68(88)78-38-21-19-28-53(78)69(89)93-56(33-31-48-32-34-57(90-11)58(42-48)91-12)49-26-22-27-50(43-49)72-59(79)35-36-60(80)73-51(44-62(82)94-70(3,4)5)64(84)75(9)55(41-47-24-16-15-17-25-47)67(87)77-39-23-29-52(77)66(86)76(54)10/h15-18,22,24-27,30,32,34,42-43,46,51-56H,13-14,19-21,23,28-29,31,33,35-41,44-45H2,1-12H3,(H,72,79)(H,73,80)/b30-18+/t51-,52+,53-,54-,55-,56+/m0/s1. The van der Waals surface area contributed by atoms with Crippen molar-refractivity contribution in [2.45, 2.75) is 187 Å². The Hall–Kier alpha value is -8.63. The zero-order valence-corrected chi connectivity index (χ0v) is 56.8. The summed E-state index contributed by atoms with van der Waals surface area (Å²) in [6, 6.07) is 15.1. The number of hydrogen-bond acceptors (Lipinski definition) is 16. The van der Waals surface area contributed by atoms with Crippen molar-refractivity contribution in [3.05, 3.63) is 102 Å². The Morgan fingerprint density at radius 1 is 0.691 bits per heavy atom. The fourth-order valence-corrected chi connectivity index (χ4v) is 11.9. The number of benzene rings is 3. The molecule has 3 aliphatic heterocycles. The summed E-state index contributed by atoms with van der Waals surface area (Å²) >= 11 is 0. The zero-order valence-electron chi connectivity index (χ0n) is 56.8. The predicted molar refractivity (Wildman–Crippen MR) is 351 cm³/mol. The van der Waals surface area contributed by atoms with Gasteiger partial charge in [-0.15, -0.1) is 0 Å². The van der Waals surface area contributed by atoms with Crippen LogP contribution in [0.25, 0.3) is 0 Å². The van der Waals surface area contributed by atoms with Gasteiger partial charge in [0.25, 0.3) is 5.91 Å². The number of allylic oxidation sites excluding steroid dienone is 1. The number of Topliss-reactive ketones (excluding diaryl/α,β-unsaturated/α-hetero) is 1. The summed E-state index contributed by atoms with van der Waals surface area (Å²) in [7, 11) is 7.65.